The zero-order chi connectivity index (χ0) is 14.5. The molecule has 20 heavy (non-hydrogen) atoms. The molecule has 0 aromatic heterocycles. The lowest BCUT2D eigenvalue weighted by atomic mass is 9.83. The van der Waals surface area contributed by atoms with Gasteiger partial charge in [-0.15, -0.1) is 0 Å². The van der Waals surface area contributed by atoms with Crippen molar-refractivity contribution in [1.82, 2.24) is 5.32 Å². The van der Waals surface area contributed by atoms with Crippen molar-refractivity contribution in [2.24, 2.45) is 5.92 Å². The van der Waals surface area contributed by atoms with Crippen molar-refractivity contribution in [1.29, 1.82) is 0 Å². The fraction of sp³-hybridized carbons (Fsp3) is 0.562. The van der Waals surface area contributed by atoms with E-state index in [0.29, 0.717) is 0 Å². The van der Waals surface area contributed by atoms with Crippen molar-refractivity contribution >= 4 is 11.6 Å². The summed E-state index contributed by atoms with van der Waals surface area (Å²) in [4.78, 5) is 12.1. The third kappa shape index (κ3) is 3.50. The van der Waals surface area contributed by atoms with Crippen LogP contribution in [0.3, 0.4) is 0 Å². The summed E-state index contributed by atoms with van der Waals surface area (Å²) >= 11 is 0. The summed E-state index contributed by atoms with van der Waals surface area (Å²) in [5.41, 5.74) is 5.79. The van der Waals surface area contributed by atoms with Crippen LogP contribution in [0.1, 0.15) is 55.8 Å². The lowest BCUT2D eigenvalue weighted by Gasteiger charge is -2.29. The number of rotatable bonds is 4. The highest BCUT2D eigenvalue weighted by Gasteiger charge is 2.23. The van der Waals surface area contributed by atoms with Gasteiger partial charge in [-0.05, 0) is 43.7 Å². The van der Waals surface area contributed by atoms with E-state index in [-0.39, 0.29) is 23.2 Å². The van der Waals surface area contributed by atoms with Crippen molar-refractivity contribution in [2.45, 2.75) is 51.5 Å². The second-order valence-electron chi connectivity index (χ2n) is 5.68. The first kappa shape index (κ1) is 14.8. The number of nitrogen functional groups attached to an aromatic ring is 1. The molecule has 1 aliphatic rings. The average Bonchev–Trinajstić information content (AvgIpc) is 2.44. The maximum absolute atomic E-state index is 13.3. The first-order valence-corrected chi connectivity index (χ1v) is 7.46. The minimum absolute atomic E-state index is 0.0651. The Labute approximate surface area is 119 Å². The molecule has 0 bridgehead atoms. The minimum Gasteiger partial charge on any atom is -0.396 e. The molecule has 0 heterocycles. The van der Waals surface area contributed by atoms with Crippen molar-refractivity contribution in [3.05, 3.63) is 29.6 Å². The zero-order valence-electron chi connectivity index (χ0n) is 12.0. The third-order valence-electron chi connectivity index (χ3n) is 4.18. The second-order valence-corrected chi connectivity index (χ2v) is 5.68. The van der Waals surface area contributed by atoms with Crippen LogP contribution in [-0.4, -0.2) is 11.9 Å². The highest BCUT2D eigenvalue weighted by Crippen LogP contribution is 2.28. The molecule has 110 valence electrons. The van der Waals surface area contributed by atoms with E-state index in [4.69, 9.17) is 5.73 Å². The molecule has 0 aliphatic heterocycles. The Hall–Kier alpha value is -1.58. The van der Waals surface area contributed by atoms with E-state index in [1.54, 1.807) is 6.07 Å². The molecule has 3 nitrogen and oxygen atoms in total. The van der Waals surface area contributed by atoms with Crippen LogP contribution in [0.25, 0.3) is 0 Å². The van der Waals surface area contributed by atoms with Crippen molar-refractivity contribution in [3.8, 4) is 0 Å². The molecule has 1 aromatic rings. The van der Waals surface area contributed by atoms with Gasteiger partial charge < -0.3 is 11.1 Å². The fourth-order valence-electron chi connectivity index (χ4n) is 3.00. The van der Waals surface area contributed by atoms with Crippen LogP contribution in [0.15, 0.2) is 18.2 Å². The second kappa shape index (κ2) is 6.73. The number of para-hydroxylation sites is 1. The van der Waals surface area contributed by atoms with Gasteiger partial charge in [0.2, 0.25) is 0 Å². The first-order valence-electron chi connectivity index (χ1n) is 7.46. The molecule has 0 radical (unpaired) electrons. The van der Waals surface area contributed by atoms with Gasteiger partial charge in [0.1, 0.15) is 5.82 Å². The van der Waals surface area contributed by atoms with Gasteiger partial charge in [-0.1, -0.05) is 25.8 Å². The van der Waals surface area contributed by atoms with Crippen LogP contribution < -0.4 is 11.1 Å². The summed E-state index contributed by atoms with van der Waals surface area (Å²) in [5.74, 6) is -0.00219. The molecular formula is C16H23FN2O. The predicted molar refractivity (Wildman–Crippen MR) is 78.9 cm³/mol. The monoisotopic (exact) mass is 278 g/mol. The summed E-state index contributed by atoms with van der Waals surface area (Å²) in [7, 11) is 0. The summed E-state index contributed by atoms with van der Waals surface area (Å²) in [6.45, 7) is 2.21. The molecule has 3 N–H and O–H groups in total. The van der Waals surface area contributed by atoms with Crippen LogP contribution in [0.4, 0.5) is 10.1 Å². The van der Waals surface area contributed by atoms with Gasteiger partial charge in [-0.3, -0.25) is 4.79 Å². The van der Waals surface area contributed by atoms with Crippen molar-refractivity contribution in [3.63, 3.8) is 0 Å². The fourth-order valence-corrected chi connectivity index (χ4v) is 3.00. The highest BCUT2D eigenvalue weighted by molar-refractivity contribution is 5.99. The summed E-state index contributed by atoms with van der Waals surface area (Å²) in [5, 5.41) is 2.98. The Bertz CT molecular complexity index is 468. The number of carbonyl (C=O) groups is 1. The third-order valence-corrected chi connectivity index (χ3v) is 4.18. The molecule has 0 spiro atoms. The number of carbonyl (C=O) groups excluding carboxylic acids is 1. The molecule has 1 aromatic carbocycles. The molecule has 0 atom stereocenters. The summed E-state index contributed by atoms with van der Waals surface area (Å²) < 4.78 is 13.3. The van der Waals surface area contributed by atoms with Crippen LogP contribution in [0.5, 0.6) is 0 Å². The lowest BCUT2D eigenvalue weighted by Crippen LogP contribution is -2.38. The van der Waals surface area contributed by atoms with Gasteiger partial charge in [-0.2, -0.15) is 0 Å². The first-order chi connectivity index (χ1) is 9.61. The largest absolute Gasteiger partial charge is 0.396 e. The quantitative estimate of drug-likeness (QED) is 0.828. The van der Waals surface area contributed by atoms with Gasteiger partial charge in [0.25, 0.3) is 5.91 Å². The van der Waals surface area contributed by atoms with Crippen molar-refractivity contribution in [2.75, 3.05) is 5.73 Å². The van der Waals surface area contributed by atoms with E-state index in [0.717, 1.165) is 31.6 Å². The molecule has 2 rings (SSSR count). The molecule has 4 heteroatoms. The minimum atomic E-state index is -0.538. The Kier molecular flexibility index (Phi) is 4.99. The smallest absolute Gasteiger partial charge is 0.253 e. The lowest BCUT2D eigenvalue weighted by molar-refractivity contribution is 0.0921. The molecule has 1 saturated carbocycles. The van der Waals surface area contributed by atoms with Crippen molar-refractivity contribution < 1.29 is 9.18 Å². The topological polar surface area (TPSA) is 55.1 Å². The summed E-state index contributed by atoms with van der Waals surface area (Å²) in [6.07, 6.45) is 6.84. The number of benzene rings is 1. The number of nitrogens with one attached hydrogen (secondary N) is 1. The number of hydrogen-bond acceptors (Lipinski definition) is 2. The summed E-state index contributed by atoms with van der Waals surface area (Å²) in [6, 6.07) is 4.54. The van der Waals surface area contributed by atoms with E-state index >= 15 is 0 Å². The Morgan fingerprint density at radius 3 is 2.70 bits per heavy atom. The normalized spacial score (nSPS) is 22.5. The van der Waals surface area contributed by atoms with Crippen LogP contribution in [-0.2, 0) is 0 Å². The van der Waals surface area contributed by atoms with E-state index < -0.39 is 5.82 Å². The number of halogens is 1. The highest BCUT2D eigenvalue weighted by atomic mass is 19.1. The molecule has 1 fully saturated rings. The van der Waals surface area contributed by atoms with E-state index in [9.17, 15) is 9.18 Å². The van der Waals surface area contributed by atoms with E-state index in [2.05, 4.69) is 12.2 Å². The van der Waals surface area contributed by atoms with Crippen LogP contribution in [0, 0.1) is 11.7 Å². The van der Waals surface area contributed by atoms with E-state index in [1.807, 2.05) is 0 Å². The van der Waals surface area contributed by atoms with Gasteiger partial charge in [0, 0.05) is 6.04 Å². The SMILES string of the molecule is CCCC1CCC(NC(=O)c2cccc(F)c2N)CC1. The van der Waals surface area contributed by atoms with Gasteiger partial charge in [0.05, 0.1) is 11.3 Å². The Morgan fingerprint density at radius 1 is 1.35 bits per heavy atom. The number of anilines is 1. The molecular weight excluding hydrogens is 255 g/mol. The maximum atomic E-state index is 13.3. The average molecular weight is 278 g/mol. The Morgan fingerprint density at radius 2 is 2.05 bits per heavy atom. The zero-order valence-corrected chi connectivity index (χ0v) is 12.0. The van der Waals surface area contributed by atoms with E-state index in [1.165, 1.54) is 25.0 Å². The van der Waals surface area contributed by atoms with Crippen LogP contribution in [0.2, 0.25) is 0 Å². The van der Waals surface area contributed by atoms with Crippen LogP contribution >= 0.6 is 0 Å². The maximum Gasteiger partial charge on any atom is 0.253 e. The predicted octanol–water partition coefficient (Wildman–Crippen LogP) is 3.50. The van der Waals surface area contributed by atoms with Gasteiger partial charge in [0.15, 0.2) is 0 Å². The van der Waals surface area contributed by atoms with Gasteiger partial charge >= 0.3 is 0 Å². The van der Waals surface area contributed by atoms with Gasteiger partial charge in [-0.25, -0.2) is 4.39 Å². The molecule has 0 saturated heterocycles. The molecule has 1 aliphatic carbocycles. The Balaban J connectivity index is 1.91. The standard InChI is InChI=1S/C16H23FN2O/c1-2-4-11-7-9-12(10-8-11)19-16(20)13-5-3-6-14(17)15(13)18/h3,5-6,11-12H,2,4,7-10,18H2,1H3,(H,19,20). The number of hydrogen-bond donors (Lipinski definition) is 2. The number of amides is 1. The molecule has 0 unspecified atom stereocenters. The number of nitrogens with two attached hydrogens (primary N) is 1. The molecule has 1 amide bonds.